The normalized spacial score (nSPS) is 10.1. The molecule has 0 aliphatic rings. The van der Waals surface area contributed by atoms with Gasteiger partial charge in [0.25, 0.3) is 0 Å². The first-order valence-electron chi connectivity index (χ1n) is 5.20. The van der Waals surface area contributed by atoms with Crippen LogP contribution in [-0.2, 0) is 0 Å². The molecule has 0 unspecified atom stereocenters. The molecule has 3 N–H and O–H groups in total. The average Bonchev–Trinajstić information content (AvgIpc) is 2.20. The summed E-state index contributed by atoms with van der Waals surface area (Å²) >= 11 is 0. The Morgan fingerprint density at radius 1 is 1.00 bits per heavy atom. The van der Waals surface area contributed by atoms with E-state index in [1.807, 2.05) is 6.07 Å². The number of benzene rings is 1. The first kappa shape index (κ1) is 10.5. The second-order valence-corrected chi connectivity index (χ2v) is 3.97. The zero-order valence-corrected chi connectivity index (χ0v) is 9.49. The summed E-state index contributed by atoms with van der Waals surface area (Å²) in [7, 11) is 0. The molecule has 0 atom stereocenters. The van der Waals surface area contributed by atoms with Gasteiger partial charge in [0.1, 0.15) is 5.82 Å². The summed E-state index contributed by atoms with van der Waals surface area (Å²) in [5, 5.41) is 3.29. The SMILES string of the molecule is Cc1cc(C)cc(Nc2ccc(N)nc2)c1. The molecule has 0 aliphatic carbocycles. The van der Waals surface area contributed by atoms with Crippen molar-refractivity contribution in [1.29, 1.82) is 0 Å². The van der Waals surface area contributed by atoms with Crippen LogP contribution in [-0.4, -0.2) is 4.98 Å². The Morgan fingerprint density at radius 2 is 1.69 bits per heavy atom. The van der Waals surface area contributed by atoms with Gasteiger partial charge in [-0.1, -0.05) is 6.07 Å². The van der Waals surface area contributed by atoms with Crippen molar-refractivity contribution in [3.63, 3.8) is 0 Å². The van der Waals surface area contributed by atoms with Crippen LogP contribution < -0.4 is 11.1 Å². The van der Waals surface area contributed by atoms with Crippen molar-refractivity contribution in [2.24, 2.45) is 0 Å². The molecule has 0 saturated carbocycles. The van der Waals surface area contributed by atoms with E-state index in [-0.39, 0.29) is 0 Å². The highest BCUT2D eigenvalue weighted by molar-refractivity contribution is 5.61. The number of nitrogen functional groups attached to an aromatic ring is 1. The van der Waals surface area contributed by atoms with Gasteiger partial charge in [0.05, 0.1) is 11.9 Å². The fourth-order valence-electron chi connectivity index (χ4n) is 1.69. The molecular formula is C13H15N3. The molecule has 1 heterocycles. The van der Waals surface area contributed by atoms with Crippen LogP contribution in [0.1, 0.15) is 11.1 Å². The van der Waals surface area contributed by atoms with Crippen LogP contribution in [0.2, 0.25) is 0 Å². The highest BCUT2D eigenvalue weighted by Gasteiger charge is 1.97. The maximum absolute atomic E-state index is 5.53. The number of nitrogens with zero attached hydrogens (tertiary/aromatic N) is 1. The second-order valence-electron chi connectivity index (χ2n) is 3.97. The molecule has 2 aromatic rings. The topological polar surface area (TPSA) is 50.9 Å². The molecular weight excluding hydrogens is 198 g/mol. The van der Waals surface area contributed by atoms with Gasteiger partial charge >= 0.3 is 0 Å². The Morgan fingerprint density at radius 3 is 2.25 bits per heavy atom. The highest BCUT2D eigenvalue weighted by atomic mass is 14.9. The number of hydrogen-bond donors (Lipinski definition) is 2. The minimum atomic E-state index is 0.533. The van der Waals surface area contributed by atoms with E-state index in [1.54, 1.807) is 12.3 Å². The summed E-state index contributed by atoms with van der Waals surface area (Å²) in [5.74, 6) is 0.533. The van der Waals surface area contributed by atoms with E-state index < -0.39 is 0 Å². The summed E-state index contributed by atoms with van der Waals surface area (Å²) in [6, 6.07) is 10.0. The molecule has 0 saturated heterocycles. The van der Waals surface area contributed by atoms with Crippen LogP contribution in [0.5, 0.6) is 0 Å². The molecule has 0 radical (unpaired) electrons. The maximum atomic E-state index is 5.53. The molecule has 0 aliphatic heterocycles. The van der Waals surface area contributed by atoms with Crippen LogP contribution in [0.25, 0.3) is 0 Å². The molecule has 82 valence electrons. The Labute approximate surface area is 95.3 Å². The minimum Gasteiger partial charge on any atom is -0.384 e. The van der Waals surface area contributed by atoms with Crippen LogP contribution in [0.15, 0.2) is 36.5 Å². The van der Waals surface area contributed by atoms with E-state index in [9.17, 15) is 0 Å². The molecule has 0 amide bonds. The Balaban J connectivity index is 2.23. The predicted molar refractivity (Wildman–Crippen MR) is 67.8 cm³/mol. The summed E-state index contributed by atoms with van der Waals surface area (Å²) in [5.41, 5.74) is 10.0. The number of rotatable bonds is 2. The minimum absolute atomic E-state index is 0.533. The van der Waals surface area contributed by atoms with Gasteiger partial charge in [0.15, 0.2) is 0 Å². The van der Waals surface area contributed by atoms with Gasteiger partial charge in [0, 0.05) is 5.69 Å². The monoisotopic (exact) mass is 213 g/mol. The second kappa shape index (κ2) is 4.23. The maximum Gasteiger partial charge on any atom is 0.123 e. The summed E-state index contributed by atoms with van der Waals surface area (Å²) in [6.45, 7) is 4.17. The zero-order valence-electron chi connectivity index (χ0n) is 9.49. The lowest BCUT2D eigenvalue weighted by Crippen LogP contribution is -1.94. The lowest BCUT2D eigenvalue weighted by molar-refractivity contribution is 1.32. The summed E-state index contributed by atoms with van der Waals surface area (Å²) in [4.78, 5) is 4.04. The smallest absolute Gasteiger partial charge is 0.123 e. The summed E-state index contributed by atoms with van der Waals surface area (Å²) in [6.07, 6.45) is 1.73. The quantitative estimate of drug-likeness (QED) is 0.806. The molecule has 3 nitrogen and oxygen atoms in total. The van der Waals surface area contributed by atoms with Gasteiger partial charge in [-0.3, -0.25) is 0 Å². The zero-order chi connectivity index (χ0) is 11.5. The highest BCUT2D eigenvalue weighted by Crippen LogP contribution is 2.19. The third-order valence-corrected chi connectivity index (χ3v) is 2.30. The number of aromatic nitrogens is 1. The molecule has 16 heavy (non-hydrogen) atoms. The van der Waals surface area contributed by atoms with Crippen molar-refractivity contribution < 1.29 is 0 Å². The standard InChI is InChI=1S/C13H15N3/c1-9-5-10(2)7-12(6-9)16-11-3-4-13(14)15-8-11/h3-8,16H,1-2H3,(H2,14,15). The van der Waals surface area contributed by atoms with Crippen molar-refractivity contribution in [2.75, 3.05) is 11.1 Å². The van der Waals surface area contributed by atoms with Crippen LogP contribution in [0.3, 0.4) is 0 Å². The van der Waals surface area contributed by atoms with E-state index in [4.69, 9.17) is 5.73 Å². The molecule has 1 aromatic carbocycles. The van der Waals surface area contributed by atoms with E-state index in [0.717, 1.165) is 11.4 Å². The number of nitrogens with one attached hydrogen (secondary N) is 1. The van der Waals surface area contributed by atoms with Crippen molar-refractivity contribution >= 4 is 17.2 Å². The number of anilines is 3. The molecule has 0 spiro atoms. The van der Waals surface area contributed by atoms with E-state index in [1.165, 1.54) is 11.1 Å². The molecule has 1 aromatic heterocycles. The Hall–Kier alpha value is -2.03. The van der Waals surface area contributed by atoms with Gasteiger partial charge in [0.2, 0.25) is 0 Å². The van der Waals surface area contributed by atoms with Crippen LogP contribution in [0.4, 0.5) is 17.2 Å². The Bertz CT molecular complexity index is 469. The van der Waals surface area contributed by atoms with Crippen LogP contribution in [0, 0.1) is 13.8 Å². The van der Waals surface area contributed by atoms with Gasteiger partial charge in [-0.2, -0.15) is 0 Å². The van der Waals surface area contributed by atoms with Crippen molar-refractivity contribution in [1.82, 2.24) is 4.98 Å². The first-order chi connectivity index (χ1) is 7.63. The molecule has 0 bridgehead atoms. The van der Waals surface area contributed by atoms with E-state index in [0.29, 0.717) is 5.82 Å². The first-order valence-corrected chi connectivity index (χ1v) is 5.20. The third kappa shape index (κ3) is 2.51. The molecule has 0 fully saturated rings. The van der Waals surface area contributed by atoms with Gasteiger partial charge in [-0.05, 0) is 49.2 Å². The third-order valence-electron chi connectivity index (χ3n) is 2.30. The molecule has 3 heteroatoms. The number of nitrogens with two attached hydrogens (primary N) is 1. The molecule has 2 rings (SSSR count). The summed E-state index contributed by atoms with van der Waals surface area (Å²) < 4.78 is 0. The van der Waals surface area contributed by atoms with E-state index in [2.05, 4.69) is 42.3 Å². The van der Waals surface area contributed by atoms with Crippen molar-refractivity contribution in [2.45, 2.75) is 13.8 Å². The number of aryl methyl sites for hydroxylation is 2. The number of hydrogen-bond acceptors (Lipinski definition) is 3. The fourth-order valence-corrected chi connectivity index (χ4v) is 1.69. The lowest BCUT2D eigenvalue weighted by atomic mass is 10.1. The number of pyridine rings is 1. The van der Waals surface area contributed by atoms with E-state index >= 15 is 0 Å². The Kier molecular flexibility index (Phi) is 2.77. The van der Waals surface area contributed by atoms with Crippen molar-refractivity contribution in [3.8, 4) is 0 Å². The van der Waals surface area contributed by atoms with Gasteiger partial charge in [-0.15, -0.1) is 0 Å². The van der Waals surface area contributed by atoms with Gasteiger partial charge in [-0.25, -0.2) is 4.98 Å². The average molecular weight is 213 g/mol. The van der Waals surface area contributed by atoms with Gasteiger partial charge < -0.3 is 11.1 Å². The fraction of sp³-hybridized carbons (Fsp3) is 0.154. The largest absolute Gasteiger partial charge is 0.384 e. The lowest BCUT2D eigenvalue weighted by Gasteiger charge is -2.08. The van der Waals surface area contributed by atoms with Crippen molar-refractivity contribution in [3.05, 3.63) is 47.7 Å². The predicted octanol–water partition coefficient (Wildman–Crippen LogP) is 3.02. The van der Waals surface area contributed by atoms with Crippen LogP contribution >= 0.6 is 0 Å².